The van der Waals surface area contributed by atoms with Crippen molar-refractivity contribution in [2.45, 2.75) is 6.92 Å². The van der Waals surface area contributed by atoms with Crippen LogP contribution in [-0.4, -0.2) is 11.6 Å². The van der Waals surface area contributed by atoms with Gasteiger partial charge < -0.3 is 5.32 Å². The fraction of sp³-hybridized carbons (Fsp3) is 0.0667. The highest BCUT2D eigenvalue weighted by atomic mass is 16.1. The Balaban J connectivity index is 1.95. The number of carbonyl (C=O) groups excluding carboxylic acids is 1. The highest BCUT2D eigenvalue weighted by Crippen LogP contribution is 2.06. The van der Waals surface area contributed by atoms with E-state index in [9.17, 15) is 4.79 Å². The van der Waals surface area contributed by atoms with Crippen molar-refractivity contribution in [1.82, 2.24) is 0 Å². The van der Waals surface area contributed by atoms with Crippen molar-refractivity contribution in [3.63, 3.8) is 0 Å². The Morgan fingerprint density at radius 3 is 2.00 bits per heavy atom. The van der Waals surface area contributed by atoms with Crippen LogP contribution in [0, 0.1) is 0 Å². The molecular formula is C15H15N3O. The minimum absolute atomic E-state index is 0.227. The maximum atomic E-state index is 11.9. The van der Waals surface area contributed by atoms with E-state index in [0.717, 1.165) is 11.4 Å². The second kappa shape index (κ2) is 6.35. The van der Waals surface area contributed by atoms with Crippen LogP contribution in [0.3, 0.4) is 0 Å². The van der Waals surface area contributed by atoms with Crippen molar-refractivity contribution in [2.24, 2.45) is 5.10 Å². The molecule has 0 heterocycles. The molecule has 0 aliphatic carbocycles. The number of nitrogens with zero attached hydrogens (tertiary/aromatic N) is 1. The summed E-state index contributed by atoms with van der Waals surface area (Å²) in [5.74, 6) is -0.227. The van der Waals surface area contributed by atoms with Crippen LogP contribution in [0.2, 0.25) is 0 Å². The van der Waals surface area contributed by atoms with Crippen LogP contribution in [0.1, 0.15) is 6.92 Å². The first-order chi connectivity index (χ1) is 9.25. The molecule has 19 heavy (non-hydrogen) atoms. The molecule has 0 atom stereocenters. The van der Waals surface area contributed by atoms with E-state index in [1.807, 2.05) is 60.7 Å². The molecule has 0 radical (unpaired) electrons. The molecule has 0 aliphatic rings. The minimum Gasteiger partial charge on any atom is -0.321 e. The van der Waals surface area contributed by atoms with Crippen molar-refractivity contribution >= 4 is 23.0 Å². The Morgan fingerprint density at radius 1 is 0.895 bits per heavy atom. The summed E-state index contributed by atoms with van der Waals surface area (Å²) in [4.78, 5) is 11.9. The molecule has 1 amide bonds. The van der Waals surface area contributed by atoms with Gasteiger partial charge in [-0.05, 0) is 31.2 Å². The Morgan fingerprint density at radius 2 is 1.42 bits per heavy atom. The molecule has 0 spiro atoms. The van der Waals surface area contributed by atoms with Gasteiger partial charge in [-0.25, -0.2) is 0 Å². The molecule has 2 rings (SSSR count). The summed E-state index contributed by atoms with van der Waals surface area (Å²) in [6, 6.07) is 18.8. The quantitative estimate of drug-likeness (QED) is 0.649. The van der Waals surface area contributed by atoms with Gasteiger partial charge in [0.25, 0.3) is 5.91 Å². The van der Waals surface area contributed by atoms with Gasteiger partial charge in [-0.1, -0.05) is 36.4 Å². The molecule has 0 bridgehead atoms. The maximum absolute atomic E-state index is 11.9. The zero-order valence-electron chi connectivity index (χ0n) is 10.6. The zero-order chi connectivity index (χ0) is 13.5. The Labute approximate surface area is 112 Å². The lowest BCUT2D eigenvalue weighted by Gasteiger charge is -2.05. The smallest absolute Gasteiger partial charge is 0.271 e. The van der Waals surface area contributed by atoms with E-state index in [0.29, 0.717) is 5.71 Å². The summed E-state index contributed by atoms with van der Waals surface area (Å²) < 4.78 is 0. The van der Waals surface area contributed by atoms with Gasteiger partial charge in [0.15, 0.2) is 0 Å². The Bertz CT molecular complexity index is 564. The molecule has 0 saturated heterocycles. The summed E-state index contributed by atoms with van der Waals surface area (Å²) in [6.07, 6.45) is 0. The van der Waals surface area contributed by atoms with E-state index in [-0.39, 0.29) is 5.91 Å². The van der Waals surface area contributed by atoms with E-state index in [4.69, 9.17) is 0 Å². The van der Waals surface area contributed by atoms with Crippen LogP contribution in [0.5, 0.6) is 0 Å². The molecule has 4 nitrogen and oxygen atoms in total. The number of hydrazone groups is 1. The second-order valence-corrected chi connectivity index (χ2v) is 4.00. The van der Waals surface area contributed by atoms with Gasteiger partial charge in [-0.15, -0.1) is 0 Å². The number of amides is 1. The molecule has 2 N–H and O–H groups in total. The first kappa shape index (κ1) is 12.8. The normalized spacial score (nSPS) is 10.9. The summed E-state index contributed by atoms with van der Waals surface area (Å²) in [7, 11) is 0. The second-order valence-electron chi connectivity index (χ2n) is 4.00. The predicted molar refractivity (Wildman–Crippen MR) is 78.2 cm³/mol. The third-order valence-electron chi connectivity index (χ3n) is 2.49. The van der Waals surface area contributed by atoms with Gasteiger partial charge >= 0.3 is 0 Å². The van der Waals surface area contributed by atoms with Gasteiger partial charge in [0.05, 0.1) is 5.69 Å². The summed E-state index contributed by atoms with van der Waals surface area (Å²) in [5.41, 5.74) is 4.80. The first-order valence-corrected chi connectivity index (χ1v) is 5.97. The molecule has 2 aromatic rings. The van der Waals surface area contributed by atoms with Crippen LogP contribution < -0.4 is 10.7 Å². The van der Waals surface area contributed by atoms with Gasteiger partial charge in [-0.3, -0.25) is 10.2 Å². The maximum Gasteiger partial charge on any atom is 0.271 e. The van der Waals surface area contributed by atoms with Crippen LogP contribution in [0.25, 0.3) is 0 Å². The fourth-order valence-electron chi connectivity index (χ4n) is 1.45. The lowest BCUT2D eigenvalue weighted by Crippen LogP contribution is -2.21. The van der Waals surface area contributed by atoms with Crippen LogP contribution in [0.15, 0.2) is 65.8 Å². The molecule has 2 aromatic carbocycles. The van der Waals surface area contributed by atoms with Crippen molar-refractivity contribution < 1.29 is 4.79 Å². The SMILES string of the molecule is CC(=NNc1ccccc1)C(=O)Nc1ccccc1. The number of hydrogen-bond acceptors (Lipinski definition) is 3. The summed E-state index contributed by atoms with van der Waals surface area (Å²) in [6.45, 7) is 1.66. The van der Waals surface area contributed by atoms with Crippen molar-refractivity contribution in [3.8, 4) is 0 Å². The predicted octanol–water partition coefficient (Wildman–Crippen LogP) is 3.11. The van der Waals surface area contributed by atoms with Crippen LogP contribution >= 0.6 is 0 Å². The molecule has 0 saturated carbocycles. The molecule has 96 valence electrons. The molecule has 0 unspecified atom stereocenters. The zero-order valence-corrected chi connectivity index (χ0v) is 10.6. The number of benzene rings is 2. The number of rotatable bonds is 4. The summed E-state index contributed by atoms with van der Waals surface area (Å²) in [5, 5.41) is 6.81. The minimum atomic E-state index is -0.227. The van der Waals surface area contributed by atoms with Gasteiger partial charge in [0.1, 0.15) is 5.71 Å². The van der Waals surface area contributed by atoms with Crippen LogP contribution in [-0.2, 0) is 4.79 Å². The number of anilines is 2. The largest absolute Gasteiger partial charge is 0.321 e. The molecule has 0 fully saturated rings. The molecule has 4 heteroatoms. The van der Waals surface area contributed by atoms with Gasteiger partial charge in [-0.2, -0.15) is 5.10 Å². The Kier molecular flexibility index (Phi) is 4.29. The van der Waals surface area contributed by atoms with Crippen molar-refractivity contribution in [1.29, 1.82) is 0 Å². The number of nitrogens with one attached hydrogen (secondary N) is 2. The molecule has 0 aliphatic heterocycles. The van der Waals surface area contributed by atoms with E-state index in [1.54, 1.807) is 6.92 Å². The van der Waals surface area contributed by atoms with Gasteiger partial charge in [0, 0.05) is 5.69 Å². The third kappa shape index (κ3) is 3.96. The third-order valence-corrected chi connectivity index (χ3v) is 2.49. The van der Waals surface area contributed by atoms with E-state index in [1.165, 1.54) is 0 Å². The molecular weight excluding hydrogens is 238 g/mol. The van der Waals surface area contributed by atoms with E-state index in [2.05, 4.69) is 15.8 Å². The monoisotopic (exact) mass is 253 g/mol. The van der Waals surface area contributed by atoms with Crippen LogP contribution in [0.4, 0.5) is 11.4 Å². The lowest BCUT2D eigenvalue weighted by molar-refractivity contribution is -0.110. The highest BCUT2D eigenvalue weighted by molar-refractivity contribution is 6.42. The van der Waals surface area contributed by atoms with Gasteiger partial charge in [0.2, 0.25) is 0 Å². The standard InChI is InChI=1S/C15H15N3O/c1-12(17-18-14-10-6-3-7-11-14)15(19)16-13-8-4-2-5-9-13/h2-11,18H,1H3,(H,16,19). The van der Waals surface area contributed by atoms with E-state index < -0.39 is 0 Å². The topological polar surface area (TPSA) is 53.5 Å². The number of hydrogen-bond donors (Lipinski definition) is 2. The summed E-state index contributed by atoms with van der Waals surface area (Å²) >= 11 is 0. The number of carbonyl (C=O) groups is 1. The van der Waals surface area contributed by atoms with E-state index >= 15 is 0 Å². The average molecular weight is 253 g/mol. The van der Waals surface area contributed by atoms with Crippen molar-refractivity contribution in [3.05, 3.63) is 60.7 Å². The first-order valence-electron chi connectivity index (χ1n) is 5.97. The van der Waals surface area contributed by atoms with Crippen molar-refractivity contribution in [2.75, 3.05) is 10.7 Å². The fourth-order valence-corrected chi connectivity index (χ4v) is 1.45. The molecule has 0 aromatic heterocycles. The average Bonchev–Trinajstić information content (AvgIpc) is 2.47. The highest BCUT2D eigenvalue weighted by Gasteiger charge is 2.05. The number of para-hydroxylation sites is 2. The Hall–Kier alpha value is -2.62. The lowest BCUT2D eigenvalue weighted by atomic mass is 10.3.